The Morgan fingerprint density at radius 3 is 2.10 bits per heavy atom. The summed E-state index contributed by atoms with van der Waals surface area (Å²) >= 11 is 0. The lowest BCUT2D eigenvalue weighted by molar-refractivity contribution is 0.00578. The summed E-state index contributed by atoms with van der Waals surface area (Å²) in [6.07, 6.45) is 1.60. The highest BCUT2D eigenvalue weighted by molar-refractivity contribution is 6.74. The van der Waals surface area contributed by atoms with E-state index in [1.807, 2.05) is 0 Å². The van der Waals surface area contributed by atoms with E-state index in [1.165, 1.54) is 12.0 Å². The third-order valence-corrected chi connectivity index (χ3v) is 14.4. The van der Waals surface area contributed by atoms with Crippen LogP contribution in [0.15, 0.2) is 30.3 Å². The van der Waals surface area contributed by atoms with Gasteiger partial charge in [0.15, 0.2) is 8.32 Å². The molecular formula is C25H39BO3Si. The van der Waals surface area contributed by atoms with Crippen molar-refractivity contribution in [2.24, 2.45) is 17.8 Å². The summed E-state index contributed by atoms with van der Waals surface area (Å²) in [5.74, 6) is 2.24. The Kier molecular flexibility index (Phi) is 4.27. The Hall–Kier alpha value is -0.618. The van der Waals surface area contributed by atoms with Gasteiger partial charge in [0, 0.05) is 11.2 Å². The van der Waals surface area contributed by atoms with Gasteiger partial charge in [-0.1, -0.05) is 51.1 Å². The number of hydrogen-bond donors (Lipinski definition) is 0. The summed E-state index contributed by atoms with van der Waals surface area (Å²) in [6, 6.07) is 11.2. The van der Waals surface area contributed by atoms with Gasteiger partial charge in [-0.05, 0) is 75.6 Å². The van der Waals surface area contributed by atoms with Gasteiger partial charge in [-0.3, -0.25) is 0 Å². The van der Waals surface area contributed by atoms with E-state index in [1.54, 1.807) is 0 Å². The summed E-state index contributed by atoms with van der Waals surface area (Å²) in [7, 11) is -1.99. The quantitative estimate of drug-likeness (QED) is 0.548. The Labute approximate surface area is 184 Å². The first kappa shape index (κ1) is 21.2. The van der Waals surface area contributed by atoms with Crippen LogP contribution in [0.5, 0.6) is 0 Å². The molecule has 30 heavy (non-hydrogen) atoms. The average Bonchev–Trinajstić information content (AvgIpc) is 2.89. The Bertz CT molecular complexity index is 830. The van der Waals surface area contributed by atoms with Gasteiger partial charge in [-0.25, -0.2) is 0 Å². The minimum atomic E-state index is -1.84. The molecule has 4 bridgehead atoms. The third-order valence-electron chi connectivity index (χ3n) is 9.88. The number of benzene rings is 1. The molecule has 0 spiro atoms. The van der Waals surface area contributed by atoms with Crippen molar-refractivity contribution in [1.82, 2.24) is 0 Å². The van der Waals surface area contributed by atoms with Crippen molar-refractivity contribution in [2.45, 2.75) is 102 Å². The molecule has 5 aliphatic rings. The highest BCUT2D eigenvalue weighted by Gasteiger charge is 2.87. The van der Waals surface area contributed by atoms with Gasteiger partial charge in [0.1, 0.15) is 0 Å². The normalized spacial score (nSPS) is 40.8. The average molecular weight is 426 g/mol. The van der Waals surface area contributed by atoms with Crippen molar-refractivity contribution in [2.75, 3.05) is 0 Å². The van der Waals surface area contributed by atoms with Crippen molar-refractivity contribution in [3.63, 3.8) is 0 Å². The van der Waals surface area contributed by atoms with Gasteiger partial charge >= 0.3 is 7.12 Å². The fourth-order valence-electron chi connectivity index (χ4n) is 6.69. The van der Waals surface area contributed by atoms with Crippen LogP contribution in [0, 0.1) is 17.8 Å². The van der Waals surface area contributed by atoms with Crippen molar-refractivity contribution in [3.05, 3.63) is 35.9 Å². The van der Waals surface area contributed by atoms with Crippen molar-refractivity contribution in [3.8, 4) is 0 Å². The van der Waals surface area contributed by atoms with Gasteiger partial charge < -0.3 is 13.7 Å². The van der Waals surface area contributed by atoms with Crippen LogP contribution in [0.2, 0.25) is 23.9 Å². The van der Waals surface area contributed by atoms with Crippen LogP contribution in [0.3, 0.4) is 0 Å². The summed E-state index contributed by atoms with van der Waals surface area (Å²) < 4.78 is 20.5. The maximum atomic E-state index is 7.14. The lowest BCUT2D eigenvalue weighted by atomic mass is 9.60. The van der Waals surface area contributed by atoms with Crippen LogP contribution in [-0.2, 0) is 19.1 Å². The minimum Gasteiger partial charge on any atom is -0.413 e. The highest BCUT2D eigenvalue weighted by atomic mass is 28.4. The molecule has 1 aliphatic heterocycles. The molecule has 0 aromatic heterocycles. The molecule has 0 radical (unpaired) electrons. The van der Waals surface area contributed by atoms with Crippen LogP contribution in [0.1, 0.15) is 60.5 Å². The summed E-state index contributed by atoms with van der Waals surface area (Å²) in [4.78, 5) is 0. The molecule has 5 fully saturated rings. The summed E-state index contributed by atoms with van der Waals surface area (Å²) in [5, 5.41) is 0.226. The maximum absolute atomic E-state index is 7.14. The fraction of sp³-hybridized carbons (Fsp3) is 0.760. The lowest BCUT2D eigenvalue weighted by Gasteiger charge is -2.39. The first-order valence-corrected chi connectivity index (χ1v) is 14.7. The molecule has 6 atom stereocenters. The molecule has 6 rings (SSSR count). The Morgan fingerprint density at radius 1 is 1.00 bits per heavy atom. The second kappa shape index (κ2) is 6.03. The van der Waals surface area contributed by atoms with E-state index >= 15 is 0 Å². The molecule has 1 heterocycles. The van der Waals surface area contributed by atoms with Crippen molar-refractivity contribution in [1.29, 1.82) is 0 Å². The van der Waals surface area contributed by atoms with E-state index in [0.717, 1.165) is 0 Å². The largest absolute Gasteiger partial charge is 0.462 e. The van der Waals surface area contributed by atoms with Crippen LogP contribution in [-0.4, -0.2) is 32.7 Å². The zero-order valence-corrected chi connectivity index (χ0v) is 21.3. The van der Waals surface area contributed by atoms with E-state index < -0.39 is 8.32 Å². The highest BCUT2D eigenvalue weighted by Crippen LogP contribution is 2.85. The number of rotatable bonds is 4. The second-order valence-corrected chi connectivity index (χ2v) is 17.6. The minimum absolute atomic E-state index is 0.150. The van der Waals surface area contributed by atoms with Gasteiger partial charge in [0.05, 0.1) is 17.3 Å². The molecule has 5 heteroatoms. The number of hydrogen-bond acceptors (Lipinski definition) is 3. The topological polar surface area (TPSA) is 27.7 Å². The fourth-order valence-corrected chi connectivity index (χ4v) is 8.04. The van der Waals surface area contributed by atoms with Crippen molar-refractivity contribution < 1.29 is 13.7 Å². The first-order chi connectivity index (χ1) is 13.7. The Morgan fingerprint density at radius 2 is 1.57 bits per heavy atom. The van der Waals surface area contributed by atoms with E-state index in [2.05, 4.69) is 91.9 Å². The van der Waals surface area contributed by atoms with E-state index in [-0.39, 0.29) is 28.8 Å². The van der Waals surface area contributed by atoms with E-state index in [0.29, 0.717) is 29.7 Å². The zero-order chi connectivity index (χ0) is 21.9. The molecule has 6 unspecified atom stereocenters. The predicted octanol–water partition coefficient (Wildman–Crippen LogP) is 6.06. The first-order valence-electron chi connectivity index (χ1n) is 11.8. The SMILES string of the molecule is CC1(C)OB(C2C3CC4C(C3O[Si](C)(C)C(C)(C)C)C42c2ccccc2)OC1(C)C. The smallest absolute Gasteiger partial charge is 0.413 e. The molecule has 4 aliphatic carbocycles. The molecule has 164 valence electrons. The molecule has 1 saturated heterocycles. The summed E-state index contributed by atoms with van der Waals surface area (Å²) in [6.45, 7) is 20.6. The lowest BCUT2D eigenvalue weighted by Crippen LogP contribution is -2.45. The standard InChI is InChI=1S/C25H39BO3Si/c1-22(2,3)30(8,9)27-20-17-15-18-19(20)25(18,16-13-11-10-12-14-16)21(17)26-28-23(4,5)24(6,7)29-26/h10-14,17-21H,15H2,1-9H3. The molecule has 4 saturated carbocycles. The van der Waals surface area contributed by atoms with Crippen molar-refractivity contribution >= 4 is 15.4 Å². The maximum Gasteiger partial charge on any atom is 0.462 e. The molecular weight excluding hydrogens is 387 g/mol. The van der Waals surface area contributed by atoms with E-state index in [9.17, 15) is 0 Å². The molecule has 0 N–H and O–H groups in total. The Balaban J connectivity index is 1.53. The van der Waals surface area contributed by atoms with Gasteiger partial charge in [-0.15, -0.1) is 0 Å². The predicted molar refractivity (Wildman–Crippen MR) is 125 cm³/mol. The second-order valence-electron chi connectivity index (χ2n) is 12.8. The zero-order valence-electron chi connectivity index (χ0n) is 20.3. The molecule has 0 amide bonds. The van der Waals surface area contributed by atoms with Crippen LogP contribution >= 0.6 is 0 Å². The van der Waals surface area contributed by atoms with Gasteiger partial charge in [0.25, 0.3) is 0 Å². The van der Waals surface area contributed by atoms with Crippen LogP contribution in [0.4, 0.5) is 0 Å². The van der Waals surface area contributed by atoms with Crippen LogP contribution in [0.25, 0.3) is 0 Å². The van der Waals surface area contributed by atoms with Gasteiger partial charge in [0.2, 0.25) is 0 Å². The third kappa shape index (κ3) is 2.55. The molecule has 1 aromatic rings. The molecule has 1 aromatic carbocycles. The molecule has 3 nitrogen and oxygen atoms in total. The van der Waals surface area contributed by atoms with E-state index in [4.69, 9.17) is 13.7 Å². The van der Waals surface area contributed by atoms with Gasteiger partial charge in [-0.2, -0.15) is 0 Å². The monoisotopic (exact) mass is 426 g/mol. The van der Waals surface area contributed by atoms with Crippen LogP contribution < -0.4 is 0 Å². The summed E-state index contributed by atoms with van der Waals surface area (Å²) in [5.41, 5.74) is 1.06.